The van der Waals surface area contributed by atoms with E-state index in [0.717, 1.165) is 25.7 Å². The van der Waals surface area contributed by atoms with Crippen LogP contribution in [0.1, 0.15) is 38.5 Å². The van der Waals surface area contributed by atoms with Gasteiger partial charge in [0.15, 0.2) is 0 Å². The Morgan fingerprint density at radius 2 is 2.00 bits per heavy atom. The smallest absolute Gasteiger partial charge is 0.242 e. The van der Waals surface area contributed by atoms with E-state index in [1.807, 2.05) is 0 Å². The summed E-state index contributed by atoms with van der Waals surface area (Å²) in [6.07, 6.45) is 4.51. The summed E-state index contributed by atoms with van der Waals surface area (Å²) in [6.45, 7) is 0.665. The highest BCUT2D eigenvalue weighted by Crippen LogP contribution is 2.23. The fourth-order valence-corrected chi connectivity index (χ4v) is 2.53. The van der Waals surface area contributed by atoms with Crippen molar-refractivity contribution in [2.24, 2.45) is 5.92 Å². The van der Waals surface area contributed by atoms with E-state index in [0.29, 0.717) is 25.3 Å². The maximum atomic E-state index is 11.7. The molecular weight excluding hydrogens is 220 g/mol. The van der Waals surface area contributed by atoms with Crippen molar-refractivity contribution in [2.75, 3.05) is 6.54 Å². The van der Waals surface area contributed by atoms with Gasteiger partial charge in [-0.25, -0.2) is 0 Å². The van der Waals surface area contributed by atoms with Gasteiger partial charge < -0.3 is 15.7 Å². The highest BCUT2D eigenvalue weighted by Gasteiger charge is 2.27. The van der Waals surface area contributed by atoms with Gasteiger partial charge in [-0.15, -0.1) is 0 Å². The van der Waals surface area contributed by atoms with Gasteiger partial charge in [0.25, 0.3) is 0 Å². The minimum Gasteiger partial charge on any atom is -0.393 e. The molecule has 2 aliphatic rings. The van der Waals surface area contributed by atoms with Crippen molar-refractivity contribution in [1.29, 1.82) is 0 Å². The van der Waals surface area contributed by atoms with Crippen molar-refractivity contribution in [3.05, 3.63) is 0 Å². The molecule has 1 atom stereocenters. The first-order chi connectivity index (χ1) is 8.15. The number of carbonyl (C=O) groups is 2. The number of hydrogen-bond donors (Lipinski definition) is 3. The number of nitrogens with one attached hydrogen (secondary N) is 2. The fourth-order valence-electron chi connectivity index (χ4n) is 2.53. The van der Waals surface area contributed by atoms with Crippen LogP contribution >= 0.6 is 0 Å². The van der Waals surface area contributed by atoms with Crippen LogP contribution in [-0.4, -0.2) is 35.6 Å². The average Bonchev–Trinajstić information content (AvgIpc) is 2.75. The Morgan fingerprint density at radius 1 is 1.29 bits per heavy atom. The normalized spacial score (nSPS) is 33.2. The van der Waals surface area contributed by atoms with Gasteiger partial charge in [0.05, 0.1) is 6.10 Å². The molecule has 1 heterocycles. The molecule has 0 bridgehead atoms. The van der Waals surface area contributed by atoms with Crippen LogP contribution in [0.25, 0.3) is 0 Å². The summed E-state index contributed by atoms with van der Waals surface area (Å²) in [5.74, 6) is 0.368. The van der Waals surface area contributed by atoms with Crippen LogP contribution in [0, 0.1) is 5.92 Å². The molecule has 3 N–H and O–H groups in total. The highest BCUT2D eigenvalue weighted by molar-refractivity contribution is 5.90. The minimum atomic E-state index is -0.336. The van der Waals surface area contributed by atoms with Gasteiger partial charge in [-0.05, 0) is 38.0 Å². The zero-order valence-corrected chi connectivity index (χ0v) is 9.95. The van der Waals surface area contributed by atoms with Gasteiger partial charge in [-0.2, -0.15) is 0 Å². The Labute approximate surface area is 101 Å². The molecular formula is C12H20N2O3. The maximum Gasteiger partial charge on any atom is 0.242 e. The molecule has 0 aromatic rings. The van der Waals surface area contributed by atoms with Crippen molar-refractivity contribution >= 4 is 11.8 Å². The molecule has 0 radical (unpaired) electrons. The molecule has 0 spiro atoms. The van der Waals surface area contributed by atoms with Crippen LogP contribution in [0.15, 0.2) is 0 Å². The van der Waals surface area contributed by atoms with E-state index < -0.39 is 0 Å². The van der Waals surface area contributed by atoms with Crippen molar-refractivity contribution in [3.63, 3.8) is 0 Å². The lowest BCUT2D eigenvalue weighted by Gasteiger charge is -2.25. The zero-order chi connectivity index (χ0) is 12.3. The molecule has 5 heteroatoms. The second-order valence-electron chi connectivity index (χ2n) is 5.08. The summed E-state index contributed by atoms with van der Waals surface area (Å²) in [6, 6.07) is -0.336. The lowest BCUT2D eigenvalue weighted by atomic mass is 9.87. The monoisotopic (exact) mass is 240 g/mol. The fraction of sp³-hybridized carbons (Fsp3) is 0.833. The molecule has 2 fully saturated rings. The van der Waals surface area contributed by atoms with Crippen molar-refractivity contribution in [1.82, 2.24) is 10.6 Å². The molecule has 96 valence electrons. The molecule has 0 unspecified atom stereocenters. The lowest BCUT2D eigenvalue weighted by Crippen LogP contribution is -2.43. The number of amides is 2. The highest BCUT2D eigenvalue weighted by atomic mass is 16.3. The van der Waals surface area contributed by atoms with E-state index >= 15 is 0 Å². The Balaban J connectivity index is 1.67. The van der Waals surface area contributed by atoms with Crippen molar-refractivity contribution in [2.45, 2.75) is 50.7 Å². The summed E-state index contributed by atoms with van der Waals surface area (Å²) in [4.78, 5) is 22.7. The maximum absolute atomic E-state index is 11.7. The molecule has 0 aromatic heterocycles. The standard InChI is InChI=1S/C12H20N2O3/c15-9-3-1-8(2-4-9)7-13-12(17)10-5-6-11(16)14-10/h8-10,15H,1-7H2,(H,13,17)(H,14,16)/t8?,9?,10-/m1/s1. The van der Waals surface area contributed by atoms with Crippen LogP contribution in [0.2, 0.25) is 0 Å². The molecule has 2 rings (SSSR count). The molecule has 0 aromatic carbocycles. The number of hydrogen-bond acceptors (Lipinski definition) is 3. The van der Waals surface area contributed by atoms with E-state index in [4.69, 9.17) is 0 Å². The van der Waals surface area contributed by atoms with Crippen LogP contribution in [0.3, 0.4) is 0 Å². The Hall–Kier alpha value is -1.10. The third-order valence-corrected chi connectivity index (χ3v) is 3.69. The Bertz CT molecular complexity index is 298. The summed E-state index contributed by atoms with van der Waals surface area (Å²) in [7, 11) is 0. The molecule has 2 amide bonds. The number of aliphatic hydroxyl groups is 1. The van der Waals surface area contributed by atoms with Crippen molar-refractivity contribution in [3.8, 4) is 0 Å². The number of carbonyl (C=O) groups excluding carboxylic acids is 2. The van der Waals surface area contributed by atoms with E-state index in [-0.39, 0.29) is 24.0 Å². The predicted molar refractivity (Wildman–Crippen MR) is 62.1 cm³/mol. The molecule has 1 aliphatic heterocycles. The summed E-state index contributed by atoms with van der Waals surface area (Å²) >= 11 is 0. The molecule has 5 nitrogen and oxygen atoms in total. The minimum absolute atomic E-state index is 0.0362. The Kier molecular flexibility index (Phi) is 3.99. The first-order valence-corrected chi connectivity index (χ1v) is 6.40. The van der Waals surface area contributed by atoms with Gasteiger partial charge in [0, 0.05) is 13.0 Å². The summed E-state index contributed by atoms with van der Waals surface area (Å²) in [5, 5.41) is 14.9. The van der Waals surface area contributed by atoms with E-state index in [1.165, 1.54) is 0 Å². The molecule has 1 saturated heterocycles. The second-order valence-corrected chi connectivity index (χ2v) is 5.08. The largest absolute Gasteiger partial charge is 0.393 e. The molecule has 1 aliphatic carbocycles. The van der Waals surface area contributed by atoms with Crippen LogP contribution in [0.5, 0.6) is 0 Å². The van der Waals surface area contributed by atoms with E-state index in [1.54, 1.807) is 0 Å². The van der Waals surface area contributed by atoms with Gasteiger partial charge in [-0.1, -0.05) is 0 Å². The van der Waals surface area contributed by atoms with E-state index in [9.17, 15) is 14.7 Å². The second kappa shape index (κ2) is 5.49. The third kappa shape index (κ3) is 3.43. The first-order valence-electron chi connectivity index (χ1n) is 6.40. The van der Waals surface area contributed by atoms with Crippen LogP contribution < -0.4 is 10.6 Å². The SMILES string of the molecule is O=C1CC[C@H](C(=O)NCC2CCC(O)CC2)N1. The van der Waals surface area contributed by atoms with E-state index in [2.05, 4.69) is 10.6 Å². The van der Waals surface area contributed by atoms with Crippen LogP contribution in [-0.2, 0) is 9.59 Å². The summed E-state index contributed by atoms with van der Waals surface area (Å²) in [5.41, 5.74) is 0. The number of aliphatic hydroxyl groups excluding tert-OH is 1. The lowest BCUT2D eigenvalue weighted by molar-refractivity contribution is -0.125. The van der Waals surface area contributed by atoms with Gasteiger partial charge in [-0.3, -0.25) is 9.59 Å². The quantitative estimate of drug-likeness (QED) is 0.646. The summed E-state index contributed by atoms with van der Waals surface area (Å²) < 4.78 is 0. The van der Waals surface area contributed by atoms with Gasteiger partial charge >= 0.3 is 0 Å². The van der Waals surface area contributed by atoms with Gasteiger partial charge in [0.2, 0.25) is 11.8 Å². The van der Waals surface area contributed by atoms with Crippen molar-refractivity contribution < 1.29 is 14.7 Å². The topological polar surface area (TPSA) is 78.4 Å². The number of rotatable bonds is 3. The molecule has 1 saturated carbocycles. The van der Waals surface area contributed by atoms with Gasteiger partial charge in [0.1, 0.15) is 6.04 Å². The average molecular weight is 240 g/mol. The zero-order valence-electron chi connectivity index (χ0n) is 9.95. The first kappa shape index (κ1) is 12.4. The van der Waals surface area contributed by atoms with Crippen LogP contribution in [0.4, 0.5) is 0 Å². The Morgan fingerprint density at radius 3 is 2.59 bits per heavy atom. The predicted octanol–water partition coefficient (Wildman–Crippen LogP) is -0.0677. The third-order valence-electron chi connectivity index (χ3n) is 3.69. The molecule has 17 heavy (non-hydrogen) atoms.